The molecule has 0 aliphatic carbocycles. The molecule has 2 rings (SSSR count). The number of halogens is 1. The van der Waals surface area contributed by atoms with E-state index < -0.39 is 4.92 Å². The molecule has 0 fully saturated rings. The van der Waals surface area contributed by atoms with Crippen LogP contribution in [-0.2, 0) is 13.1 Å². The van der Waals surface area contributed by atoms with Gasteiger partial charge in [0.05, 0.1) is 17.2 Å². The molecule has 0 atom stereocenters. The van der Waals surface area contributed by atoms with Crippen molar-refractivity contribution in [2.75, 3.05) is 7.05 Å². The molecule has 0 saturated carbocycles. The highest BCUT2D eigenvalue weighted by molar-refractivity contribution is 6.32. The van der Waals surface area contributed by atoms with Gasteiger partial charge in [-0.25, -0.2) is 0 Å². The summed E-state index contributed by atoms with van der Waals surface area (Å²) in [6.45, 7) is 3.03. The van der Waals surface area contributed by atoms with Gasteiger partial charge in [0.25, 0.3) is 11.6 Å². The smallest absolute Gasteiger partial charge is 0.288 e. The number of carbonyl (C=O) groups excluding carboxylic acids is 1. The number of amides is 1. The maximum atomic E-state index is 12.4. The minimum absolute atomic E-state index is 0.00765. The summed E-state index contributed by atoms with van der Waals surface area (Å²) in [7, 11) is 1.63. The van der Waals surface area contributed by atoms with Gasteiger partial charge in [0.1, 0.15) is 5.02 Å². The van der Waals surface area contributed by atoms with Crippen LogP contribution in [0.3, 0.4) is 0 Å². The van der Waals surface area contributed by atoms with Crippen molar-refractivity contribution in [2.24, 2.45) is 0 Å². The normalized spacial score (nSPS) is 10.5. The van der Waals surface area contributed by atoms with Gasteiger partial charge in [-0.05, 0) is 25.1 Å². The Labute approximate surface area is 132 Å². The second kappa shape index (κ2) is 6.57. The Kier molecular flexibility index (Phi) is 4.77. The van der Waals surface area contributed by atoms with E-state index in [9.17, 15) is 14.9 Å². The van der Waals surface area contributed by atoms with E-state index in [1.54, 1.807) is 17.9 Å². The molecule has 1 amide bonds. The summed E-state index contributed by atoms with van der Waals surface area (Å²) in [5, 5.41) is 15.0. The monoisotopic (exact) mass is 322 g/mol. The molecule has 0 aliphatic heterocycles. The number of rotatable bonds is 5. The van der Waals surface area contributed by atoms with Gasteiger partial charge in [0.2, 0.25) is 0 Å². The number of nitro benzene ring substituents is 1. The molecule has 0 radical (unpaired) electrons. The first-order valence-corrected chi connectivity index (χ1v) is 7.02. The molecule has 0 saturated heterocycles. The Morgan fingerprint density at radius 1 is 1.45 bits per heavy atom. The van der Waals surface area contributed by atoms with E-state index in [2.05, 4.69) is 5.10 Å². The van der Waals surface area contributed by atoms with Gasteiger partial charge in [-0.3, -0.25) is 19.6 Å². The number of nitrogens with zero attached hydrogens (tertiary/aromatic N) is 4. The maximum absolute atomic E-state index is 12.4. The molecule has 1 aromatic carbocycles. The summed E-state index contributed by atoms with van der Waals surface area (Å²) in [5.74, 6) is -0.316. The van der Waals surface area contributed by atoms with Crippen LogP contribution in [-0.4, -0.2) is 32.6 Å². The number of aromatic nitrogens is 2. The van der Waals surface area contributed by atoms with E-state index in [0.717, 1.165) is 5.69 Å². The standard InChI is InChI=1S/C14H15ClN4O3/c1-3-18-11(6-7-16-18)9-17(2)14(20)10-4-5-12(15)13(8-10)19(21)22/h4-8H,3,9H2,1-2H3. The first-order chi connectivity index (χ1) is 10.4. The van der Waals surface area contributed by atoms with Crippen LogP contribution in [0.1, 0.15) is 23.0 Å². The molecule has 116 valence electrons. The molecule has 0 N–H and O–H groups in total. The lowest BCUT2D eigenvalue weighted by Crippen LogP contribution is -2.27. The Bertz CT molecular complexity index is 714. The van der Waals surface area contributed by atoms with Crippen LogP contribution in [0.15, 0.2) is 30.5 Å². The van der Waals surface area contributed by atoms with Crippen molar-refractivity contribution in [3.8, 4) is 0 Å². The largest absolute Gasteiger partial charge is 0.336 e. The Balaban J connectivity index is 2.20. The fourth-order valence-electron chi connectivity index (χ4n) is 2.10. The summed E-state index contributed by atoms with van der Waals surface area (Å²) < 4.78 is 1.79. The van der Waals surface area contributed by atoms with Crippen molar-refractivity contribution in [1.29, 1.82) is 0 Å². The molecule has 22 heavy (non-hydrogen) atoms. The summed E-state index contributed by atoms with van der Waals surface area (Å²) >= 11 is 5.75. The average molecular weight is 323 g/mol. The van der Waals surface area contributed by atoms with Crippen LogP contribution in [0, 0.1) is 10.1 Å². The van der Waals surface area contributed by atoms with Gasteiger partial charge in [0.15, 0.2) is 0 Å². The Morgan fingerprint density at radius 3 is 2.82 bits per heavy atom. The molecule has 2 aromatic rings. The zero-order valence-electron chi connectivity index (χ0n) is 12.2. The topological polar surface area (TPSA) is 81.3 Å². The second-order valence-corrected chi connectivity index (χ2v) is 5.13. The van der Waals surface area contributed by atoms with Crippen LogP contribution in [0.2, 0.25) is 5.02 Å². The number of benzene rings is 1. The molecule has 0 aliphatic rings. The first kappa shape index (κ1) is 16.0. The molecular weight excluding hydrogens is 308 g/mol. The zero-order valence-corrected chi connectivity index (χ0v) is 12.9. The lowest BCUT2D eigenvalue weighted by molar-refractivity contribution is -0.384. The molecular formula is C14H15ClN4O3. The van der Waals surface area contributed by atoms with Crippen molar-refractivity contribution in [1.82, 2.24) is 14.7 Å². The molecule has 0 spiro atoms. The lowest BCUT2D eigenvalue weighted by atomic mass is 10.1. The Morgan fingerprint density at radius 2 is 2.18 bits per heavy atom. The third kappa shape index (κ3) is 3.25. The average Bonchev–Trinajstić information content (AvgIpc) is 2.93. The van der Waals surface area contributed by atoms with Crippen molar-refractivity contribution >= 4 is 23.2 Å². The van der Waals surface area contributed by atoms with Gasteiger partial charge >= 0.3 is 0 Å². The van der Waals surface area contributed by atoms with Crippen LogP contribution >= 0.6 is 11.6 Å². The van der Waals surface area contributed by atoms with E-state index >= 15 is 0 Å². The van der Waals surface area contributed by atoms with Crippen molar-refractivity contribution in [3.05, 3.63) is 56.9 Å². The predicted molar refractivity (Wildman–Crippen MR) is 81.8 cm³/mol. The quantitative estimate of drug-likeness (QED) is 0.626. The van der Waals surface area contributed by atoms with E-state index in [-0.39, 0.29) is 22.2 Å². The minimum atomic E-state index is -0.606. The van der Waals surface area contributed by atoms with Crippen molar-refractivity contribution in [3.63, 3.8) is 0 Å². The van der Waals surface area contributed by atoms with Gasteiger partial charge in [-0.1, -0.05) is 11.6 Å². The highest BCUT2D eigenvalue weighted by Crippen LogP contribution is 2.25. The second-order valence-electron chi connectivity index (χ2n) is 4.72. The molecule has 1 aromatic heterocycles. The highest BCUT2D eigenvalue weighted by atomic mass is 35.5. The number of carbonyl (C=O) groups is 1. The number of aryl methyl sites for hydroxylation is 1. The molecule has 1 heterocycles. The molecule has 0 unspecified atom stereocenters. The van der Waals surface area contributed by atoms with Crippen LogP contribution in [0.5, 0.6) is 0 Å². The van der Waals surface area contributed by atoms with E-state index in [1.807, 2.05) is 13.0 Å². The van der Waals surface area contributed by atoms with Gasteiger partial charge in [-0.15, -0.1) is 0 Å². The third-order valence-electron chi connectivity index (χ3n) is 3.24. The van der Waals surface area contributed by atoms with Crippen molar-refractivity contribution < 1.29 is 9.72 Å². The molecule has 0 bridgehead atoms. The fraction of sp³-hybridized carbons (Fsp3) is 0.286. The Hall–Kier alpha value is -2.41. The highest BCUT2D eigenvalue weighted by Gasteiger charge is 2.19. The summed E-state index contributed by atoms with van der Waals surface area (Å²) in [5.41, 5.74) is 0.836. The fourth-order valence-corrected chi connectivity index (χ4v) is 2.29. The van der Waals surface area contributed by atoms with E-state index in [4.69, 9.17) is 11.6 Å². The van der Waals surface area contributed by atoms with Gasteiger partial charge in [0, 0.05) is 31.4 Å². The number of hydrogen-bond acceptors (Lipinski definition) is 4. The van der Waals surface area contributed by atoms with E-state index in [0.29, 0.717) is 13.1 Å². The predicted octanol–water partition coefficient (Wildman–Crippen LogP) is 2.74. The maximum Gasteiger partial charge on any atom is 0.288 e. The van der Waals surface area contributed by atoms with Crippen molar-refractivity contribution in [2.45, 2.75) is 20.0 Å². The summed E-state index contributed by atoms with van der Waals surface area (Å²) in [6, 6.07) is 5.86. The van der Waals surface area contributed by atoms with Gasteiger partial charge < -0.3 is 4.90 Å². The SMILES string of the molecule is CCn1nccc1CN(C)C(=O)c1ccc(Cl)c([N+](=O)[O-])c1. The third-order valence-corrected chi connectivity index (χ3v) is 3.56. The zero-order chi connectivity index (χ0) is 16.3. The van der Waals surface area contributed by atoms with Crippen LogP contribution < -0.4 is 0 Å². The first-order valence-electron chi connectivity index (χ1n) is 6.64. The lowest BCUT2D eigenvalue weighted by Gasteiger charge is -2.17. The van der Waals surface area contributed by atoms with Crippen LogP contribution in [0.4, 0.5) is 5.69 Å². The number of nitro groups is 1. The van der Waals surface area contributed by atoms with Crippen LogP contribution in [0.25, 0.3) is 0 Å². The van der Waals surface area contributed by atoms with E-state index in [1.165, 1.54) is 23.1 Å². The molecule has 8 heteroatoms. The van der Waals surface area contributed by atoms with Gasteiger partial charge in [-0.2, -0.15) is 5.10 Å². The molecule has 7 nitrogen and oxygen atoms in total. The minimum Gasteiger partial charge on any atom is -0.336 e. The summed E-state index contributed by atoms with van der Waals surface area (Å²) in [4.78, 5) is 24.2. The summed E-state index contributed by atoms with van der Waals surface area (Å²) in [6.07, 6.45) is 1.67. The number of hydrogen-bond donors (Lipinski definition) is 0.